The van der Waals surface area contributed by atoms with Crippen molar-refractivity contribution in [2.75, 3.05) is 23.8 Å². The molecule has 142 valence electrons. The summed E-state index contributed by atoms with van der Waals surface area (Å²) >= 11 is 0. The number of imidazole rings is 1. The number of unbranched alkanes of at least 4 members (excludes halogenated alkanes) is 2. The highest BCUT2D eigenvalue weighted by Crippen LogP contribution is 2.20. The minimum Gasteiger partial charge on any atom is -0.396 e. The third kappa shape index (κ3) is 4.88. The van der Waals surface area contributed by atoms with Crippen molar-refractivity contribution in [3.8, 4) is 0 Å². The summed E-state index contributed by atoms with van der Waals surface area (Å²) in [7, 11) is 0. The van der Waals surface area contributed by atoms with Gasteiger partial charge in [-0.25, -0.2) is 4.98 Å². The Morgan fingerprint density at radius 3 is 2.89 bits per heavy atom. The number of aliphatic hydroxyl groups excluding tert-OH is 1. The van der Waals surface area contributed by atoms with Crippen molar-refractivity contribution >= 4 is 28.6 Å². The highest BCUT2D eigenvalue weighted by atomic mass is 16.6. The number of fused-ring (bicyclic) bond motifs is 1. The van der Waals surface area contributed by atoms with E-state index in [0.29, 0.717) is 36.0 Å². The van der Waals surface area contributed by atoms with Crippen molar-refractivity contribution < 1.29 is 10.0 Å². The van der Waals surface area contributed by atoms with Crippen LogP contribution < -0.4 is 10.6 Å². The number of aromatic nitrogens is 4. The molecule has 2 aromatic heterocycles. The van der Waals surface area contributed by atoms with Gasteiger partial charge in [-0.3, -0.25) is 10.1 Å². The standard InChI is InChI=1S/C17H21N7O3/c25-8-3-1-2-7-18-17-22-15(14-16(23-17)21-11-20-14)19-10-12-5-4-6-13(9-12)24(26)27/h4-6,9,11,25H,1-3,7-8,10H2,(H3,18,19,20,21,22,23). The highest BCUT2D eigenvalue weighted by molar-refractivity contribution is 5.83. The van der Waals surface area contributed by atoms with Crippen molar-refractivity contribution in [2.24, 2.45) is 0 Å². The highest BCUT2D eigenvalue weighted by Gasteiger charge is 2.11. The molecule has 0 aliphatic carbocycles. The van der Waals surface area contributed by atoms with Crippen LogP contribution in [0.1, 0.15) is 24.8 Å². The molecule has 0 radical (unpaired) electrons. The summed E-state index contributed by atoms with van der Waals surface area (Å²) in [6, 6.07) is 6.45. The van der Waals surface area contributed by atoms with E-state index in [9.17, 15) is 10.1 Å². The molecule has 0 aliphatic heterocycles. The second kappa shape index (κ2) is 8.90. The predicted molar refractivity (Wildman–Crippen MR) is 102 cm³/mol. The zero-order chi connectivity index (χ0) is 19.1. The number of rotatable bonds is 10. The van der Waals surface area contributed by atoms with Gasteiger partial charge in [0, 0.05) is 31.8 Å². The molecule has 0 atom stereocenters. The summed E-state index contributed by atoms with van der Waals surface area (Å²) in [5.41, 5.74) is 2.03. The van der Waals surface area contributed by atoms with Crippen LogP contribution >= 0.6 is 0 Å². The first kappa shape index (κ1) is 18.5. The molecule has 3 rings (SSSR count). The Balaban J connectivity index is 1.70. The maximum absolute atomic E-state index is 10.9. The van der Waals surface area contributed by atoms with Crippen LogP contribution in [-0.4, -0.2) is 43.1 Å². The first-order valence-corrected chi connectivity index (χ1v) is 8.70. The van der Waals surface area contributed by atoms with Crippen LogP contribution in [0.4, 0.5) is 17.5 Å². The molecule has 3 aromatic rings. The Morgan fingerprint density at radius 2 is 2.07 bits per heavy atom. The number of nitrogens with one attached hydrogen (secondary N) is 3. The third-order valence-corrected chi connectivity index (χ3v) is 3.98. The number of H-pyrrole nitrogens is 1. The van der Waals surface area contributed by atoms with E-state index in [2.05, 4.69) is 30.6 Å². The number of benzene rings is 1. The van der Waals surface area contributed by atoms with Gasteiger partial charge in [0.15, 0.2) is 11.5 Å². The fourth-order valence-corrected chi connectivity index (χ4v) is 2.62. The van der Waals surface area contributed by atoms with Gasteiger partial charge in [-0.2, -0.15) is 9.97 Å². The number of anilines is 2. The SMILES string of the molecule is O=[N+]([O-])c1cccc(CNc2nc(NCCCCCO)nc3nc[nH]c23)c1. The molecule has 10 nitrogen and oxygen atoms in total. The van der Waals surface area contributed by atoms with Gasteiger partial charge in [-0.1, -0.05) is 12.1 Å². The summed E-state index contributed by atoms with van der Waals surface area (Å²) in [4.78, 5) is 26.5. The second-order valence-electron chi connectivity index (χ2n) is 5.99. The molecule has 10 heteroatoms. The minimum absolute atomic E-state index is 0.0499. The van der Waals surface area contributed by atoms with Crippen molar-refractivity contribution in [3.63, 3.8) is 0 Å². The maximum Gasteiger partial charge on any atom is 0.269 e. The van der Waals surface area contributed by atoms with E-state index in [-0.39, 0.29) is 12.3 Å². The molecule has 0 aliphatic rings. The van der Waals surface area contributed by atoms with Crippen LogP contribution in [0.15, 0.2) is 30.6 Å². The molecule has 4 N–H and O–H groups in total. The molecule has 0 unspecified atom stereocenters. The van der Waals surface area contributed by atoms with Crippen LogP contribution in [0, 0.1) is 10.1 Å². The smallest absolute Gasteiger partial charge is 0.269 e. The lowest BCUT2D eigenvalue weighted by molar-refractivity contribution is -0.384. The van der Waals surface area contributed by atoms with Gasteiger partial charge >= 0.3 is 0 Å². The van der Waals surface area contributed by atoms with E-state index in [4.69, 9.17) is 5.11 Å². The lowest BCUT2D eigenvalue weighted by Crippen LogP contribution is -2.09. The number of hydrogen-bond acceptors (Lipinski definition) is 8. The minimum atomic E-state index is -0.417. The molecule has 0 amide bonds. The van der Waals surface area contributed by atoms with Crippen LogP contribution in [0.2, 0.25) is 0 Å². The van der Waals surface area contributed by atoms with Crippen LogP contribution in [-0.2, 0) is 6.54 Å². The van der Waals surface area contributed by atoms with Crippen molar-refractivity contribution in [3.05, 3.63) is 46.3 Å². The van der Waals surface area contributed by atoms with E-state index < -0.39 is 4.92 Å². The molecule has 0 spiro atoms. The second-order valence-corrected chi connectivity index (χ2v) is 5.99. The number of aromatic amines is 1. The summed E-state index contributed by atoms with van der Waals surface area (Å²) in [6.07, 6.45) is 4.14. The van der Waals surface area contributed by atoms with Gasteiger partial charge in [-0.15, -0.1) is 0 Å². The van der Waals surface area contributed by atoms with E-state index in [1.165, 1.54) is 12.1 Å². The van der Waals surface area contributed by atoms with Crippen LogP contribution in [0.25, 0.3) is 11.2 Å². The molecular weight excluding hydrogens is 350 g/mol. The summed E-state index contributed by atoms with van der Waals surface area (Å²) in [6.45, 7) is 1.27. The monoisotopic (exact) mass is 371 g/mol. The average Bonchev–Trinajstić information content (AvgIpc) is 3.15. The summed E-state index contributed by atoms with van der Waals surface area (Å²) in [5.74, 6) is 1.03. The zero-order valence-electron chi connectivity index (χ0n) is 14.7. The Morgan fingerprint density at radius 1 is 1.19 bits per heavy atom. The average molecular weight is 371 g/mol. The van der Waals surface area contributed by atoms with Crippen LogP contribution in [0.5, 0.6) is 0 Å². The quantitative estimate of drug-likeness (QED) is 0.242. The molecule has 0 bridgehead atoms. The summed E-state index contributed by atoms with van der Waals surface area (Å²) in [5, 5.41) is 26.1. The number of nitrogens with zero attached hydrogens (tertiary/aromatic N) is 4. The number of non-ortho nitro benzene ring substituents is 1. The number of aliphatic hydroxyl groups is 1. The topological polar surface area (TPSA) is 142 Å². The van der Waals surface area contributed by atoms with E-state index in [0.717, 1.165) is 24.8 Å². The van der Waals surface area contributed by atoms with Gasteiger partial charge < -0.3 is 20.7 Å². The van der Waals surface area contributed by atoms with E-state index in [1.54, 1.807) is 12.4 Å². The van der Waals surface area contributed by atoms with E-state index >= 15 is 0 Å². The Labute approximate surface area is 155 Å². The Kier molecular flexibility index (Phi) is 6.10. The molecule has 27 heavy (non-hydrogen) atoms. The Hall–Kier alpha value is -3.27. The zero-order valence-corrected chi connectivity index (χ0v) is 14.7. The Bertz CT molecular complexity index is 912. The van der Waals surface area contributed by atoms with Crippen molar-refractivity contribution in [1.82, 2.24) is 19.9 Å². The first-order chi connectivity index (χ1) is 13.2. The van der Waals surface area contributed by atoms with Gasteiger partial charge in [0.25, 0.3) is 5.69 Å². The molecular formula is C17H21N7O3. The van der Waals surface area contributed by atoms with Gasteiger partial charge in [0.1, 0.15) is 5.52 Å². The molecule has 2 heterocycles. The van der Waals surface area contributed by atoms with Crippen molar-refractivity contribution in [2.45, 2.75) is 25.8 Å². The lowest BCUT2D eigenvalue weighted by Gasteiger charge is -2.10. The maximum atomic E-state index is 10.9. The van der Waals surface area contributed by atoms with Crippen molar-refractivity contribution in [1.29, 1.82) is 0 Å². The third-order valence-electron chi connectivity index (χ3n) is 3.98. The fraction of sp³-hybridized carbons (Fsp3) is 0.353. The van der Waals surface area contributed by atoms with Gasteiger partial charge in [0.2, 0.25) is 5.95 Å². The molecule has 0 fully saturated rings. The lowest BCUT2D eigenvalue weighted by atomic mass is 10.2. The van der Waals surface area contributed by atoms with Crippen LogP contribution in [0.3, 0.4) is 0 Å². The largest absolute Gasteiger partial charge is 0.396 e. The summed E-state index contributed by atoms with van der Waals surface area (Å²) < 4.78 is 0. The number of nitro benzene ring substituents is 1. The predicted octanol–water partition coefficient (Wildman–Crippen LogP) is 2.45. The molecule has 0 saturated carbocycles. The molecule has 1 aromatic carbocycles. The normalized spacial score (nSPS) is 10.9. The fourth-order valence-electron chi connectivity index (χ4n) is 2.62. The van der Waals surface area contributed by atoms with E-state index in [1.807, 2.05) is 6.07 Å². The number of nitro groups is 1. The molecule has 0 saturated heterocycles. The number of hydrogen-bond donors (Lipinski definition) is 4. The first-order valence-electron chi connectivity index (χ1n) is 8.70. The van der Waals surface area contributed by atoms with Gasteiger partial charge in [0.05, 0.1) is 11.3 Å². The van der Waals surface area contributed by atoms with Gasteiger partial charge in [-0.05, 0) is 24.8 Å².